The summed E-state index contributed by atoms with van der Waals surface area (Å²) in [6.07, 6.45) is 1.47. The number of benzene rings is 1. The number of nitrogens with two attached hydrogens (primary N) is 1. The number of anilines is 1. The number of ether oxygens (including phenoxy) is 1. The largest absolute Gasteiger partial charge is 0.383 e. The second kappa shape index (κ2) is 3.50. The number of halogens is 1. The molecular weight excluding hydrogens is 226 g/mol. The highest BCUT2D eigenvalue weighted by atomic mass is 35.5. The normalized spacial score (nSPS) is 27.7. The summed E-state index contributed by atoms with van der Waals surface area (Å²) in [6, 6.07) is 9.86. The van der Waals surface area contributed by atoms with Crippen molar-refractivity contribution < 1.29 is 4.74 Å². The van der Waals surface area contributed by atoms with Crippen LogP contribution >= 0.6 is 11.6 Å². The predicted octanol–water partition coefficient (Wildman–Crippen LogP) is 1.63. The molecule has 2 aliphatic heterocycles. The van der Waals surface area contributed by atoms with E-state index >= 15 is 0 Å². The molecule has 3 rings (SSSR count). The van der Waals surface area contributed by atoms with Crippen LogP contribution in [-0.4, -0.2) is 18.3 Å². The van der Waals surface area contributed by atoms with Gasteiger partial charge in [0.2, 0.25) is 0 Å². The van der Waals surface area contributed by atoms with Gasteiger partial charge in [0.05, 0.1) is 5.03 Å². The minimum atomic E-state index is -0.201. The molecule has 1 fully saturated rings. The van der Waals surface area contributed by atoms with Crippen LogP contribution in [0.2, 0.25) is 0 Å². The van der Waals surface area contributed by atoms with Crippen molar-refractivity contribution in [2.75, 3.05) is 4.90 Å². The average Bonchev–Trinajstić information content (AvgIpc) is 3.05. The number of hydrogen-bond acceptors (Lipinski definition) is 4. The van der Waals surface area contributed by atoms with Gasteiger partial charge >= 0.3 is 0 Å². The van der Waals surface area contributed by atoms with Crippen molar-refractivity contribution in [1.29, 1.82) is 0 Å². The first-order chi connectivity index (χ1) is 7.75. The first-order valence-corrected chi connectivity index (χ1v) is 5.33. The number of hydrogen-bond donors (Lipinski definition) is 1. The molecule has 2 N–H and O–H groups in total. The molecule has 2 aliphatic rings. The topological polar surface area (TPSA) is 54.1 Å². The van der Waals surface area contributed by atoms with Crippen LogP contribution in [0.25, 0.3) is 0 Å². The second-order valence-corrected chi connectivity index (χ2v) is 4.06. The van der Waals surface area contributed by atoms with Crippen molar-refractivity contribution >= 4 is 23.1 Å². The Hall–Kier alpha value is -1.52. The van der Waals surface area contributed by atoms with Crippen LogP contribution in [0, 0.1) is 0 Å². The third kappa shape index (κ3) is 1.56. The van der Waals surface area contributed by atoms with Gasteiger partial charge in [-0.1, -0.05) is 29.8 Å². The fourth-order valence-corrected chi connectivity index (χ4v) is 1.83. The van der Waals surface area contributed by atoms with Gasteiger partial charge in [-0.05, 0) is 12.1 Å². The lowest BCUT2D eigenvalue weighted by atomic mass is 10.3. The van der Waals surface area contributed by atoms with Crippen LogP contribution in [-0.2, 0) is 4.74 Å². The highest BCUT2D eigenvalue weighted by Gasteiger charge is 2.45. The SMILES string of the molecule is NC1=NC2OC2N(c2ccccc2)C=C1Cl. The van der Waals surface area contributed by atoms with Crippen LogP contribution in [0.4, 0.5) is 5.69 Å². The molecule has 0 saturated carbocycles. The van der Waals surface area contributed by atoms with Gasteiger partial charge < -0.3 is 15.4 Å². The second-order valence-electron chi connectivity index (χ2n) is 3.65. The van der Waals surface area contributed by atoms with Gasteiger partial charge in [0.15, 0.2) is 12.5 Å². The highest BCUT2D eigenvalue weighted by Crippen LogP contribution is 2.34. The Morgan fingerprint density at radius 1 is 1.31 bits per heavy atom. The van der Waals surface area contributed by atoms with Crippen molar-refractivity contribution in [1.82, 2.24) is 0 Å². The minimum absolute atomic E-state index is 0.0859. The van der Waals surface area contributed by atoms with E-state index in [2.05, 4.69) is 4.99 Å². The van der Waals surface area contributed by atoms with Crippen LogP contribution in [0.15, 0.2) is 46.6 Å². The molecule has 5 heteroatoms. The molecule has 0 bridgehead atoms. The van der Waals surface area contributed by atoms with Crippen molar-refractivity contribution in [2.24, 2.45) is 10.7 Å². The Morgan fingerprint density at radius 2 is 2.06 bits per heavy atom. The van der Waals surface area contributed by atoms with Gasteiger partial charge in [-0.2, -0.15) is 0 Å². The van der Waals surface area contributed by atoms with Crippen molar-refractivity contribution in [3.8, 4) is 0 Å². The van der Waals surface area contributed by atoms with Crippen LogP contribution < -0.4 is 10.6 Å². The van der Waals surface area contributed by atoms with E-state index in [1.165, 1.54) is 0 Å². The summed E-state index contributed by atoms with van der Waals surface area (Å²) in [4.78, 5) is 6.08. The lowest BCUT2D eigenvalue weighted by molar-refractivity contribution is 0.374. The molecule has 0 amide bonds. The van der Waals surface area contributed by atoms with Crippen LogP contribution in [0.3, 0.4) is 0 Å². The van der Waals surface area contributed by atoms with Gasteiger partial charge in [-0.25, -0.2) is 4.99 Å². The molecule has 16 heavy (non-hydrogen) atoms. The molecule has 82 valence electrons. The van der Waals surface area contributed by atoms with Gasteiger partial charge in [0.1, 0.15) is 5.84 Å². The summed E-state index contributed by atoms with van der Waals surface area (Å²) in [5.74, 6) is 0.326. The predicted molar refractivity (Wildman–Crippen MR) is 63.1 cm³/mol. The van der Waals surface area contributed by atoms with E-state index in [0.717, 1.165) is 5.69 Å². The number of nitrogens with zero attached hydrogens (tertiary/aromatic N) is 2. The molecule has 2 unspecified atom stereocenters. The number of fused-ring (bicyclic) bond motifs is 1. The average molecular weight is 236 g/mol. The smallest absolute Gasteiger partial charge is 0.198 e. The first-order valence-electron chi connectivity index (χ1n) is 4.95. The van der Waals surface area contributed by atoms with E-state index < -0.39 is 0 Å². The maximum Gasteiger partial charge on any atom is 0.198 e. The Labute approximate surface area is 98.0 Å². The zero-order chi connectivity index (χ0) is 11.1. The standard InChI is InChI=1S/C11H10ClN3O/c12-8-6-15(7-4-2-1-3-5-7)11-10(16-11)14-9(8)13/h1-6,10-11H,(H2,13,14). The molecule has 2 atom stereocenters. The minimum Gasteiger partial charge on any atom is -0.383 e. The Balaban J connectivity index is 1.98. The third-order valence-corrected chi connectivity index (χ3v) is 2.83. The van der Waals surface area contributed by atoms with Gasteiger partial charge in [-0.3, -0.25) is 0 Å². The first kappa shape index (κ1) is 9.69. The van der Waals surface area contributed by atoms with Gasteiger partial charge in [-0.15, -0.1) is 0 Å². The summed E-state index contributed by atoms with van der Waals surface area (Å²) in [5.41, 5.74) is 6.69. The highest BCUT2D eigenvalue weighted by molar-refractivity contribution is 6.43. The molecular formula is C11H10ClN3O. The fraction of sp³-hybridized carbons (Fsp3) is 0.182. The van der Waals surface area contributed by atoms with Crippen LogP contribution in [0.1, 0.15) is 0 Å². The lowest BCUT2D eigenvalue weighted by Crippen LogP contribution is -2.21. The summed E-state index contributed by atoms with van der Waals surface area (Å²) >= 11 is 6.01. The van der Waals surface area contributed by atoms with Crippen molar-refractivity contribution in [3.05, 3.63) is 41.6 Å². The zero-order valence-corrected chi connectivity index (χ0v) is 9.13. The van der Waals surface area contributed by atoms with E-state index in [0.29, 0.717) is 10.9 Å². The van der Waals surface area contributed by atoms with E-state index in [1.807, 2.05) is 35.2 Å². The number of para-hydroxylation sites is 1. The quantitative estimate of drug-likeness (QED) is 0.753. The Bertz CT molecular complexity index is 471. The van der Waals surface area contributed by atoms with Crippen molar-refractivity contribution in [3.63, 3.8) is 0 Å². The number of epoxide rings is 1. The summed E-state index contributed by atoms with van der Waals surface area (Å²) in [7, 11) is 0. The summed E-state index contributed by atoms with van der Waals surface area (Å²) < 4.78 is 5.40. The van der Waals surface area contributed by atoms with E-state index in [9.17, 15) is 0 Å². The van der Waals surface area contributed by atoms with Crippen molar-refractivity contribution in [2.45, 2.75) is 12.5 Å². The summed E-state index contributed by atoms with van der Waals surface area (Å²) in [6.45, 7) is 0. The van der Waals surface area contributed by atoms with E-state index in [1.54, 1.807) is 6.20 Å². The van der Waals surface area contributed by atoms with E-state index in [4.69, 9.17) is 22.1 Å². The molecule has 1 aromatic carbocycles. The number of amidine groups is 1. The van der Waals surface area contributed by atoms with Gasteiger partial charge in [0, 0.05) is 11.9 Å². The molecule has 1 aromatic rings. The lowest BCUT2D eigenvalue weighted by Gasteiger charge is -2.17. The Morgan fingerprint density at radius 3 is 2.81 bits per heavy atom. The monoisotopic (exact) mass is 235 g/mol. The molecule has 0 radical (unpaired) electrons. The fourth-order valence-electron chi connectivity index (χ4n) is 1.68. The maximum atomic E-state index is 6.01. The molecule has 2 heterocycles. The van der Waals surface area contributed by atoms with Crippen LogP contribution in [0.5, 0.6) is 0 Å². The maximum absolute atomic E-state index is 6.01. The van der Waals surface area contributed by atoms with E-state index in [-0.39, 0.29) is 12.5 Å². The molecule has 0 aliphatic carbocycles. The Kier molecular flexibility index (Phi) is 2.12. The third-order valence-electron chi connectivity index (χ3n) is 2.54. The zero-order valence-electron chi connectivity index (χ0n) is 8.38. The molecule has 1 saturated heterocycles. The molecule has 4 nitrogen and oxygen atoms in total. The van der Waals surface area contributed by atoms with Gasteiger partial charge in [0.25, 0.3) is 0 Å². The molecule has 0 spiro atoms. The number of rotatable bonds is 1. The molecule has 0 aromatic heterocycles. The summed E-state index contributed by atoms with van der Waals surface area (Å²) in [5, 5.41) is 0.444. The number of aliphatic imine (C=N–C) groups is 1.